The third-order valence-electron chi connectivity index (χ3n) is 5.20. The van der Waals surface area contributed by atoms with Gasteiger partial charge in [-0.05, 0) is 30.0 Å². The smallest absolute Gasteiger partial charge is 0.170 e. The SMILES string of the molecule is CCc1ccc(CC(C)C2=CC=C(CC(=O)C(OC)c3ccccc3)C2)o1.[HH]. The largest absolute Gasteiger partial charge is 0.466 e. The molecule has 1 aromatic carbocycles. The summed E-state index contributed by atoms with van der Waals surface area (Å²) in [6.07, 6.45) is 6.88. The lowest BCUT2D eigenvalue weighted by molar-refractivity contribution is -0.128. The summed E-state index contributed by atoms with van der Waals surface area (Å²) in [4.78, 5) is 12.7. The van der Waals surface area contributed by atoms with Gasteiger partial charge >= 0.3 is 0 Å². The van der Waals surface area contributed by atoms with E-state index in [1.54, 1.807) is 7.11 Å². The topological polar surface area (TPSA) is 39.4 Å². The van der Waals surface area contributed by atoms with Crippen molar-refractivity contribution in [2.45, 2.75) is 45.6 Å². The molecule has 144 valence electrons. The van der Waals surface area contributed by atoms with Crippen LogP contribution in [0, 0.1) is 5.92 Å². The van der Waals surface area contributed by atoms with Crippen LogP contribution in [0.1, 0.15) is 51.3 Å². The van der Waals surface area contributed by atoms with Gasteiger partial charge in [-0.15, -0.1) is 0 Å². The Labute approximate surface area is 163 Å². The molecule has 0 saturated heterocycles. The van der Waals surface area contributed by atoms with Gasteiger partial charge in [0.15, 0.2) is 5.78 Å². The van der Waals surface area contributed by atoms with Crippen LogP contribution in [-0.2, 0) is 22.4 Å². The molecule has 0 saturated carbocycles. The van der Waals surface area contributed by atoms with Gasteiger partial charge in [-0.2, -0.15) is 0 Å². The molecule has 0 fully saturated rings. The fourth-order valence-corrected chi connectivity index (χ4v) is 3.62. The Hall–Kier alpha value is -2.39. The Morgan fingerprint density at radius 2 is 1.89 bits per heavy atom. The van der Waals surface area contributed by atoms with Crippen LogP contribution in [-0.4, -0.2) is 12.9 Å². The minimum Gasteiger partial charge on any atom is -0.466 e. The number of hydrogen-bond donors (Lipinski definition) is 0. The first-order chi connectivity index (χ1) is 13.1. The van der Waals surface area contributed by atoms with Gasteiger partial charge in [-0.3, -0.25) is 4.79 Å². The number of aryl methyl sites for hydroxylation is 1. The Bertz CT molecular complexity index is 833. The number of allylic oxidation sites excluding steroid dienone is 4. The molecule has 1 heterocycles. The second-order valence-corrected chi connectivity index (χ2v) is 7.24. The van der Waals surface area contributed by atoms with Gasteiger partial charge in [0.2, 0.25) is 0 Å². The summed E-state index contributed by atoms with van der Waals surface area (Å²) in [5.74, 6) is 2.58. The van der Waals surface area contributed by atoms with Gasteiger partial charge in [0.1, 0.15) is 17.6 Å². The first kappa shape index (κ1) is 19.4. The molecular formula is C24H30O3. The maximum Gasteiger partial charge on any atom is 0.170 e. The standard InChI is InChI=1S/C24H28O3.H2/c1-4-21-12-13-22(27-21)14-17(2)20-11-10-18(15-20)16-23(25)24(26-3)19-8-6-5-7-9-19;/h5-13,17,24H,4,14-16H2,1-3H3;1H. The molecule has 0 N–H and O–H groups in total. The van der Waals surface area contributed by atoms with Gasteiger partial charge in [0, 0.05) is 27.8 Å². The summed E-state index contributed by atoms with van der Waals surface area (Å²) in [7, 11) is 1.60. The van der Waals surface area contributed by atoms with Crippen molar-refractivity contribution in [2.24, 2.45) is 5.92 Å². The van der Waals surface area contributed by atoms with Crippen LogP contribution in [0.25, 0.3) is 0 Å². The lowest BCUT2D eigenvalue weighted by Gasteiger charge is -2.16. The molecule has 2 aromatic rings. The Balaban J connectivity index is 0.00000280. The van der Waals surface area contributed by atoms with Gasteiger partial charge < -0.3 is 9.15 Å². The summed E-state index contributed by atoms with van der Waals surface area (Å²) in [6, 6.07) is 13.8. The number of rotatable bonds is 9. The molecule has 27 heavy (non-hydrogen) atoms. The molecule has 1 aliphatic carbocycles. The van der Waals surface area contributed by atoms with Gasteiger partial charge in [0.05, 0.1) is 0 Å². The average molecular weight is 367 g/mol. The molecule has 0 bridgehead atoms. The molecule has 1 aromatic heterocycles. The van der Waals surface area contributed by atoms with Crippen molar-refractivity contribution < 1.29 is 15.4 Å². The molecule has 2 unspecified atom stereocenters. The number of ether oxygens (including phenoxy) is 1. The molecule has 0 amide bonds. The van der Waals surface area contributed by atoms with E-state index in [0.29, 0.717) is 12.3 Å². The van der Waals surface area contributed by atoms with Gasteiger partial charge in [-0.25, -0.2) is 0 Å². The molecule has 0 radical (unpaired) electrons. The minimum atomic E-state index is -0.496. The van der Waals surface area contributed by atoms with Gasteiger partial charge in [-0.1, -0.05) is 67.5 Å². The van der Waals surface area contributed by atoms with Crippen molar-refractivity contribution in [3.05, 3.63) is 82.8 Å². The highest BCUT2D eigenvalue weighted by Gasteiger charge is 2.23. The molecule has 3 rings (SSSR count). The second kappa shape index (κ2) is 9.01. The second-order valence-electron chi connectivity index (χ2n) is 7.24. The van der Waals surface area contributed by atoms with Crippen molar-refractivity contribution in [1.82, 2.24) is 0 Å². The quantitative estimate of drug-likeness (QED) is 0.557. The Morgan fingerprint density at radius 3 is 2.56 bits per heavy atom. The van der Waals surface area contributed by atoms with Crippen LogP contribution in [0.5, 0.6) is 0 Å². The van der Waals surface area contributed by atoms with Crippen LogP contribution in [0.3, 0.4) is 0 Å². The number of ketones is 1. The Morgan fingerprint density at radius 1 is 1.15 bits per heavy atom. The monoisotopic (exact) mass is 366 g/mol. The van der Waals surface area contributed by atoms with E-state index in [1.807, 2.05) is 30.3 Å². The Kier molecular flexibility index (Phi) is 6.46. The fraction of sp³-hybridized carbons (Fsp3) is 0.375. The van der Waals surface area contributed by atoms with Crippen molar-refractivity contribution in [3.63, 3.8) is 0 Å². The number of Topliss-reactive ketones (excluding diaryl/α,β-unsaturated/α-hetero) is 1. The summed E-state index contributed by atoms with van der Waals surface area (Å²) >= 11 is 0. The van der Waals surface area contributed by atoms with E-state index in [4.69, 9.17) is 9.15 Å². The number of furan rings is 1. The molecule has 2 atom stereocenters. The minimum absolute atomic E-state index is 0. The van der Waals surface area contributed by atoms with E-state index < -0.39 is 6.10 Å². The first-order valence-corrected chi connectivity index (χ1v) is 9.67. The third-order valence-corrected chi connectivity index (χ3v) is 5.20. The van der Waals surface area contributed by atoms with E-state index in [1.165, 1.54) is 5.57 Å². The van der Waals surface area contributed by atoms with Crippen LogP contribution >= 0.6 is 0 Å². The normalized spacial score (nSPS) is 16.0. The predicted octanol–water partition coefficient (Wildman–Crippen LogP) is 5.87. The van der Waals surface area contributed by atoms with Crippen LogP contribution in [0.4, 0.5) is 0 Å². The highest BCUT2D eigenvalue weighted by atomic mass is 16.5. The highest BCUT2D eigenvalue weighted by Crippen LogP contribution is 2.31. The zero-order valence-corrected chi connectivity index (χ0v) is 16.4. The predicted molar refractivity (Wildman–Crippen MR) is 110 cm³/mol. The first-order valence-electron chi connectivity index (χ1n) is 9.67. The molecule has 0 aliphatic heterocycles. The summed E-state index contributed by atoms with van der Waals surface area (Å²) in [5, 5.41) is 0. The number of benzene rings is 1. The maximum absolute atomic E-state index is 12.7. The fourth-order valence-electron chi connectivity index (χ4n) is 3.62. The molecule has 3 nitrogen and oxygen atoms in total. The van der Waals surface area contributed by atoms with Crippen LogP contribution in [0.2, 0.25) is 0 Å². The van der Waals surface area contributed by atoms with Crippen molar-refractivity contribution in [2.75, 3.05) is 7.11 Å². The van der Waals surface area contributed by atoms with Crippen molar-refractivity contribution in [3.8, 4) is 0 Å². The average Bonchev–Trinajstić information content (AvgIpc) is 3.32. The van der Waals surface area contributed by atoms with E-state index >= 15 is 0 Å². The van der Waals surface area contributed by atoms with Crippen molar-refractivity contribution in [1.29, 1.82) is 0 Å². The molecule has 3 heteroatoms. The number of carbonyl (C=O) groups excluding carboxylic acids is 1. The molecule has 0 spiro atoms. The summed E-state index contributed by atoms with van der Waals surface area (Å²) in [5.41, 5.74) is 3.43. The third kappa shape index (κ3) is 4.86. The zero-order valence-electron chi connectivity index (χ0n) is 16.4. The van der Waals surface area contributed by atoms with Crippen molar-refractivity contribution >= 4 is 5.78 Å². The van der Waals surface area contributed by atoms with E-state index in [0.717, 1.165) is 41.9 Å². The number of carbonyl (C=O) groups is 1. The lowest BCUT2D eigenvalue weighted by atomic mass is 9.92. The number of methoxy groups -OCH3 is 1. The van der Waals surface area contributed by atoms with Crippen LogP contribution in [0.15, 0.2) is 70.2 Å². The summed E-state index contributed by atoms with van der Waals surface area (Å²) in [6.45, 7) is 4.32. The number of hydrogen-bond acceptors (Lipinski definition) is 3. The molecule has 1 aliphatic rings. The van der Waals surface area contributed by atoms with Crippen LogP contribution < -0.4 is 0 Å². The lowest BCUT2D eigenvalue weighted by Crippen LogP contribution is -2.15. The van der Waals surface area contributed by atoms with E-state index in [-0.39, 0.29) is 7.21 Å². The zero-order chi connectivity index (χ0) is 19.2. The highest BCUT2D eigenvalue weighted by molar-refractivity contribution is 5.86. The molecular weight excluding hydrogens is 336 g/mol. The van der Waals surface area contributed by atoms with Gasteiger partial charge in [0.25, 0.3) is 0 Å². The van der Waals surface area contributed by atoms with E-state index in [2.05, 4.69) is 38.1 Å². The van der Waals surface area contributed by atoms with E-state index in [9.17, 15) is 4.79 Å². The maximum atomic E-state index is 12.7. The summed E-state index contributed by atoms with van der Waals surface area (Å²) < 4.78 is 11.3.